The number of nitrogens with zero attached hydrogens (tertiary/aromatic N) is 3. The lowest BCUT2D eigenvalue weighted by Gasteiger charge is -2.15. The summed E-state index contributed by atoms with van der Waals surface area (Å²) in [5.41, 5.74) is 2.30. The monoisotopic (exact) mass is 327 g/mol. The van der Waals surface area contributed by atoms with Crippen molar-refractivity contribution < 1.29 is 9.53 Å². The first-order valence-electron chi connectivity index (χ1n) is 7.14. The van der Waals surface area contributed by atoms with Crippen molar-refractivity contribution in [3.63, 3.8) is 0 Å². The highest BCUT2D eigenvalue weighted by molar-refractivity contribution is 7.07. The number of amides is 1. The lowest BCUT2D eigenvalue weighted by molar-refractivity contribution is 0.0775. The van der Waals surface area contributed by atoms with E-state index in [4.69, 9.17) is 4.74 Å². The van der Waals surface area contributed by atoms with Crippen molar-refractivity contribution in [2.45, 2.75) is 6.54 Å². The molecule has 0 saturated carbocycles. The maximum absolute atomic E-state index is 12.7. The summed E-state index contributed by atoms with van der Waals surface area (Å²) in [5, 5.41) is 8.43. The highest BCUT2D eigenvalue weighted by atomic mass is 32.1. The molecule has 1 aromatic carbocycles. The maximum Gasteiger partial charge on any atom is 0.278 e. The molecule has 3 aromatic rings. The standard InChI is InChI=1S/C17H17N3O2S/c1-19(10-13-8-9-23-12-13)17(21)16-15(22-2)11-20(18-16)14-6-4-3-5-7-14/h3-9,11-12H,10H2,1-2H3. The fraction of sp³-hybridized carbons (Fsp3) is 0.176. The second-order valence-corrected chi connectivity index (χ2v) is 5.90. The van der Waals surface area contributed by atoms with E-state index in [1.165, 1.54) is 0 Å². The molecule has 2 heterocycles. The van der Waals surface area contributed by atoms with Crippen LogP contribution in [0.3, 0.4) is 0 Å². The molecule has 5 nitrogen and oxygen atoms in total. The van der Waals surface area contributed by atoms with Crippen molar-refractivity contribution >= 4 is 17.2 Å². The quantitative estimate of drug-likeness (QED) is 0.723. The fourth-order valence-corrected chi connectivity index (χ4v) is 2.94. The lowest BCUT2D eigenvalue weighted by atomic mass is 10.3. The van der Waals surface area contributed by atoms with Crippen LogP contribution in [0, 0.1) is 0 Å². The smallest absolute Gasteiger partial charge is 0.278 e. The number of methoxy groups -OCH3 is 1. The second kappa shape index (κ2) is 6.66. The second-order valence-electron chi connectivity index (χ2n) is 5.12. The van der Waals surface area contributed by atoms with E-state index in [0.717, 1.165) is 11.3 Å². The number of ether oxygens (including phenoxy) is 1. The van der Waals surface area contributed by atoms with E-state index in [1.807, 2.05) is 47.2 Å². The number of hydrogen-bond donors (Lipinski definition) is 0. The Kier molecular flexibility index (Phi) is 4.43. The number of thiophene rings is 1. The molecule has 0 spiro atoms. The highest BCUT2D eigenvalue weighted by Crippen LogP contribution is 2.21. The van der Waals surface area contributed by atoms with Gasteiger partial charge in [-0.2, -0.15) is 16.4 Å². The number of carbonyl (C=O) groups is 1. The van der Waals surface area contributed by atoms with Crippen LogP contribution in [-0.4, -0.2) is 34.7 Å². The molecule has 118 valence electrons. The Bertz CT molecular complexity index is 782. The molecule has 0 atom stereocenters. The Morgan fingerprint density at radius 2 is 2.09 bits per heavy atom. The summed E-state index contributed by atoms with van der Waals surface area (Å²) in [5.74, 6) is 0.304. The zero-order chi connectivity index (χ0) is 16.2. The molecule has 2 aromatic heterocycles. The third-order valence-electron chi connectivity index (χ3n) is 3.47. The summed E-state index contributed by atoms with van der Waals surface area (Å²) in [7, 11) is 3.31. The van der Waals surface area contributed by atoms with Gasteiger partial charge in [0.25, 0.3) is 5.91 Å². The Morgan fingerprint density at radius 3 is 2.74 bits per heavy atom. The number of benzene rings is 1. The van der Waals surface area contributed by atoms with Gasteiger partial charge in [0.05, 0.1) is 19.0 Å². The molecule has 6 heteroatoms. The van der Waals surface area contributed by atoms with E-state index in [0.29, 0.717) is 18.0 Å². The van der Waals surface area contributed by atoms with Crippen LogP contribution in [0.5, 0.6) is 5.75 Å². The molecule has 0 bridgehead atoms. The molecule has 0 N–H and O–H groups in total. The predicted octanol–water partition coefficient (Wildman–Crippen LogP) is 3.21. The van der Waals surface area contributed by atoms with Gasteiger partial charge in [-0.1, -0.05) is 18.2 Å². The average molecular weight is 327 g/mol. The first-order chi connectivity index (χ1) is 11.2. The summed E-state index contributed by atoms with van der Waals surface area (Å²) in [6, 6.07) is 11.6. The number of carbonyl (C=O) groups excluding carboxylic acids is 1. The summed E-state index contributed by atoms with van der Waals surface area (Å²) < 4.78 is 6.98. The van der Waals surface area contributed by atoms with Crippen molar-refractivity contribution in [3.8, 4) is 11.4 Å². The van der Waals surface area contributed by atoms with Gasteiger partial charge in [0.1, 0.15) is 0 Å². The van der Waals surface area contributed by atoms with Crippen LogP contribution in [0.4, 0.5) is 0 Å². The van der Waals surface area contributed by atoms with Crippen LogP contribution < -0.4 is 4.74 Å². The van der Waals surface area contributed by atoms with Gasteiger partial charge in [-0.3, -0.25) is 4.79 Å². The highest BCUT2D eigenvalue weighted by Gasteiger charge is 2.22. The maximum atomic E-state index is 12.7. The van der Waals surface area contributed by atoms with E-state index in [1.54, 1.807) is 41.3 Å². The zero-order valence-corrected chi connectivity index (χ0v) is 13.8. The largest absolute Gasteiger partial charge is 0.493 e. The number of para-hydroxylation sites is 1. The topological polar surface area (TPSA) is 47.4 Å². The Labute approximate surface area is 138 Å². The van der Waals surface area contributed by atoms with Crippen molar-refractivity contribution in [1.29, 1.82) is 0 Å². The molecule has 23 heavy (non-hydrogen) atoms. The van der Waals surface area contributed by atoms with Gasteiger partial charge < -0.3 is 9.64 Å². The van der Waals surface area contributed by atoms with E-state index >= 15 is 0 Å². The minimum atomic E-state index is -0.164. The lowest BCUT2D eigenvalue weighted by Crippen LogP contribution is -2.26. The summed E-state index contributed by atoms with van der Waals surface area (Å²) in [6.07, 6.45) is 1.72. The van der Waals surface area contributed by atoms with Gasteiger partial charge >= 0.3 is 0 Å². The van der Waals surface area contributed by atoms with E-state index in [9.17, 15) is 4.79 Å². The Morgan fingerprint density at radius 1 is 1.30 bits per heavy atom. The average Bonchev–Trinajstić information content (AvgIpc) is 3.24. The van der Waals surface area contributed by atoms with Crippen molar-refractivity contribution in [2.75, 3.05) is 14.2 Å². The first-order valence-corrected chi connectivity index (χ1v) is 8.09. The Hall–Kier alpha value is -2.60. The van der Waals surface area contributed by atoms with E-state index in [-0.39, 0.29) is 5.91 Å². The molecular formula is C17H17N3O2S. The molecule has 0 fully saturated rings. The molecule has 0 aliphatic carbocycles. The minimum Gasteiger partial charge on any atom is -0.493 e. The molecule has 3 rings (SSSR count). The predicted molar refractivity (Wildman–Crippen MR) is 90.2 cm³/mol. The van der Waals surface area contributed by atoms with Crippen LogP contribution in [0.15, 0.2) is 53.4 Å². The molecule has 0 unspecified atom stereocenters. The van der Waals surface area contributed by atoms with Crippen LogP contribution in [0.25, 0.3) is 5.69 Å². The molecule has 0 aliphatic heterocycles. The van der Waals surface area contributed by atoms with E-state index in [2.05, 4.69) is 5.10 Å². The third kappa shape index (κ3) is 3.27. The van der Waals surface area contributed by atoms with Crippen molar-refractivity contribution in [2.24, 2.45) is 0 Å². The summed E-state index contributed by atoms with van der Waals surface area (Å²) in [4.78, 5) is 14.3. The van der Waals surface area contributed by atoms with Crippen LogP contribution >= 0.6 is 11.3 Å². The summed E-state index contributed by atoms with van der Waals surface area (Å²) in [6.45, 7) is 0.545. The van der Waals surface area contributed by atoms with Crippen LogP contribution in [-0.2, 0) is 6.54 Å². The molecule has 1 amide bonds. The molecule has 0 saturated heterocycles. The van der Waals surface area contributed by atoms with Gasteiger partial charge in [0.2, 0.25) is 0 Å². The van der Waals surface area contributed by atoms with Gasteiger partial charge in [0, 0.05) is 13.6 Å². The van der Waals surface area contributed by atoms with Gasteiger partial charge in [-0.15, -0.1) is 0 Å². The third-order valence-corrected chi connectivity index (χ3v) is 4.20. The molecule has 0 radical (unpaired) electrons. The fourth-order valence-electron chi connectivity index (χ4n) is 2.28. The first kappa shape index (κ1) is 15.3. The normalized spacial score (nSPS) is 10.5. The van der Waals surface area contributed by atoms with Crippen molar-refractivity contribution in [1.82, 2.24) is 14.7 Å². The zero-order valence-electron chi connectivity index (χ0n) is 13.0. The van der Waals surface area contributed by atoms with Crippen LogP contribution in [0.2, 0.25) is 0 Å². The number of hydrogen-bond acceptors (Lipinski definition) is 4. The number of rotatable bonds is 5. The SMILES string of the molecule is COc1cn(-c2ccccc2)nc1C(=O)N(C)Cc1ccsc1. The molecule has 0 aliphatic rings. The van der Waals surface area contributed by atoms with Crippen molar-refractivity contribution in [3.05, 3.63) is 64.6 Å². The van der Waals surface area contributed by atoms with Gasteiger partial charge in [-0.05, 0) is 34.5 Å². The number of aromatic nitrogens is 2. The van der Waals surface area contributed by atoms with Crippen LogP contribution in [0.1, 0.15) is 16.1 Å². The van der Waals surface area contributed by atoms with E-state index < -0.39 is 0 Å². The van der Waals surface area contributed by atoms with Gasteiger partial charge in [-0.25, -0.2) is 4.68 Å². The Balaban J connectivity index is 1.86. The summed E-state index contributed by atoms with van der Waals surface area (Å²) >= 11 is 1.62. The van der Waals surface area contributed by atoms with Gasteiger partial charge in [0.15, 0.2) is 11.4 Å². The minimum absolute atomic E-state index is 0.164. The molecular weight excluding hydrogens is 310 g/mol.